The number of hydrogen-bond acceptors (Lipinski definition) is 5. The average molecular weight is 214 g/mol. The van der Waals surface area contributed by atoms with E-state index in [1.165, 1.54) is 13.0 Å². The van der Waals surface area contributed by atoms with Crippen LogP contribution in [0.3, 0.4) is 0 Å². The number of carbonyl (C=O) groups excluding carboxylic acids is 1. The Morgan fingerprint density at radius 2 is 1.87 bits per heavy atom. The molecule has 4 N–H and O–H groups in total. The second-order valence-corrected chi connectivity index (χ2v) is 3.02. The number of allylic oxidation sites excluding steroid dienone is 1. The van der Waals surface area contributed by atoms with E-state index in [9.17, 15) is 4.79 Å². The summed E-state index contributed by atoms with van der Waals surface area (Å²) in [6.45, 7) is -0.340. The smallest absolute Gasteiger partial charge is 0.262 e. The molecule has 0 saturated carbocycles. The number of aliphatic hydroxyl groups excluding tert-OH is 3. The van der Waals surface area contributed by atoms with Gasteiger partial charge >= 0.3 is 0 Å². The summed E-state index contributed by atoms with van der Waals surface area (Å²) in [4.78, 5) is 11.4. The lowest BCUT2D eigenvalue weighted by Gasteiger charge is -2.28. The number of nitrogens with zero attached hydrogens (tertiary/aromatic N) is 1. The molecule has 0 aliphatic rings. The first kappa shape index (κ1) is 13.6. The predicted octanol–water partition coefficient (Wildman–Crippen LogP) is -1.71. The Balaban J connectivity index is 4.71. The third-order valence-electron chi connectivity index (χ3n) is 1.94. The maximum absolute atomic E-state index is 11.4. The lowest BCUT2D eigenvalue weighted by atomic mass is 10.0. The van der Waals surface area contributed by atoms with Crippen LogP contribution in [0, 0.1) is 11.3 Å². The van der Waals surface area contributed by atoms with Gasteiger partial charge in [-0.25, -0.2) is 0 Å². The van der Waals surface area contributed by atoms with Crippen LogP contribution in [0.4, 0.5) is 0 Å². The van der Waals surface area contributed by atoms with Crippen LogP contribution in [0.15, 0.2) is 11.6 Å². The molecule has 0 aromatic carbocycles. The molecule has 0 heterocycles. The first-order chi connectivity index (χ1) is 7.09. The quantitative estimate of drug-likeness (QED) is 0.321. The molecule has 15 heavy (non-hydrogen) atoms. The monoisotopic (exact) mass is 214 g/mol. The van der Waals surface area contributed by atoms with Gasteiger partial charge in [0.15, 0.2) is 0 Å². The van der Waals surface area contributed by atoms with Crippen LogP contribution in [0.25, 0.3) is 0 Å². The Morgan fingerprint density at radius 3 is 2.13 bits per heavy atom. The van der Waals surface area contributed by atoms with E-state index in [1.807, 2.05) is 0 Å². The Labute approximate surface area is 87.5 Å². The van der Waals surface area contributed by atoms with Gasteiger partial charge in [0.25, 0.3) is 5.91 Å². The molecule has 0 aromatic rings. The molecular formula is C9H14N2O4. The Hall–Kier alpha value is -1.42. The number of carbonyl (C=O) groups is 1. The summed E-state index contributed by atoms with van der Waals surface area (Å²) < 4.78 is 0. The molecule has 0 atom stereocenters. The van der Waals surface area contributed by atoms with Crippen LogP contribution in [0.1, 0.15) is 6.92 Å². The van der Waals surface area contributed by atoms with E-state index in [0.717, 1.165) is 0 Å². The topological polar surface area (TPSA) is 114 Å². The second-order valence-electron chi connectivity index (χ2n) is 3.02. The van der Waals surface area contributed by atoms with Gasteiger partial charge in [-0.2, -0.15) is 5.26 Å². The molecule has 0 fully saturated rings. The van der Waals surface area contributed by atoms with Crippen molar-refractivity contribution in [3.8, 4) is 6.07 Å². The highest BCUT2D eigenvalue weighted by Gasteiger charge is 2.30. The Bertz CT molecular complexity index is 281. The molecule has 0 aliphatic heterocycles. The zero-order chi connectivity index (χ0) is 11.9. The lowest BCUT2D eigenvalue weighted by molar-refractivity contribution is -0.121. The summed E-state index contributed by atoms with van der Waals surface area (Å²) in [7, 11) is 0. The van der Waals surface area contributed by atoms with E-state index in [0.29, 0.717) is 0 Å². The SMILES string of the molecule is C/C=C(\C#N)C(=O)NC(CO)(CO)CO. The van der Waals surface area contributed by atoms with Crippen molar-refractivity contribution in [3.05, 3.63) is 11.6 Å². The Kier molecular flexibility index (Phi) is 5.56. The first-order valence-corrected chi connectivity index (χ1v) is 4.30. The van der Waals surface area contributed by atoms with Crippen molar-refractivity contribution in [3.63, 3.8) is 0 Å². The molecule has 0 saturated heterocycles. The van der Waals surface area contributed by atoms with E-state index in [1.54, 1.807) is 6.07 Å². The number of nitrogens with one attached hydrogen (secondary N) is 1. The van der Waals surface area contributed by atoms with Gasteiger partial charge in [0.1, 0.15) is 17.2 Å². The molecule has 0 aliphatic carbocycles. The summed E-state index contributed by atoms with van der Waals surface area (Å²) in [6, 6.07) is 1.65. The van der Waals surface area contributed by atoms with Gasteiger partial charge in [-0.1, -0.05) is 6.08 Å². The van der Waals surface area contributed by atoms with Crippen LogP contribution >= 0.6 is 0 Å². The molecule has 6 nitrogen and oxygen atoms in total. The molecule has 6 heteroatoms. The van der Waals surface area contributed by atoms with Crippen LogP contribution in [0.5, 0.6) is 0 Å². The fourth-order valence-electron chi connectivity index (χ4n) is 0.823. The van der Waals surface area contributed by atoms with E-state index in [2.05, 4.69) is 5.32 Å². The third kappa shape index (κ3) is 3.32. The second kappa shape index (κ2) is 6.14. The maximum Gasteiger partial charge on any atom is 0.262 e. The molecule has 0 unspecified atom stereocenters. The zero-order valence-corrected chi connectivity index (χ0v) is 8.40. The zero-order valence-electron chi connectivity index (χ0n) is 8.40. The van der Waals surface area contributed by atoms with Gasteiger partial charge in [0, 0.05) is 0 Å². The van der Waals surface area contributed by atoms with Crippen molar-refractivity contribution in [2.24, 2.45) is 0 Å². The lowest BCUT2D eigenvalue weighted by Crippen LogP contribution is -2.57. The van der Waals surface area contributed by atoms with Gasteiger partial charge in [-0.05, 0) is 6.92 Å². The maximum atomic E-state index is 11.4. The Morgan fingerprint density at radius 1 is 1.40 bits per heavy atom. The molecule has 84 valence electrons. The number of nitriles is 1. The molecule has 0 aromatic heterocycles. The van der Waals surface area contributed by atoms with Crippen molar-refractivity contribution in [2.45, 2.75) is 12.5 Å². The normalized spacial score (nSPS) is 12.1. The minimum Gasteiger partial charge on any atom is -0.394 e. The van der Waals surface area contributed by atoms with E-state index in [-0.39, 0.29) is 5.57 Å². The first-order valence-electron chi connectivity index (χ1n) is 4.30. The number of hydrogen-bond donors (Lipinski definition) is 4. The van der Waals surface area contributed by atoms with Crippen molar-refractivity contribution in [2.75, 3.05) is 19.8 Å². The average Bonchev–Trinajstić information content (AvgIpc) is 2.28. The summed E-state index contributed by atoms with van der Waals surface area (Å²) in [5.74, 6) is -0.739. The van der Waals surface area contributed by atoms with E-state index in [4.69, 9.17) is 20.6 Å². The summed E-state index contributed by atoms with van der Waals surface area (Å²) in [5.41, 5.74) is -1.64. The van der Waals surface area contributed by atoms with Crippen LogP contribution in [-0.2, 0) is 4.79 Å². The molecule has 0 bridgehead atoms. The highest BCUT2D eigenvalue weighted by molar-refractivity contribution is 5.97. The summed E-state index contributed by atoms with van der Waals surface area (Å²) in [6.07, 6.45) is 1.30. The van der Waals surface area contributed by atoms with Crippen molar-refractivity contribution in [1.82, 2.24) is 5.32 Å². The highest BCUT2D eigenvalue weighted by atomic mass is 16.3. The van der Waals surface area contributed by atoms with Gasteiger partial charge < -0.3 is 20.6 Å². The summed E-state index contributed by atoms with van der Waals surface area (Å²) in [5, 5.41) is 37.5. The fraction of sp³-hybridized carbons (Fsp3) is 0.556. The van der Waals surface area contributed by atoms with E-state index < -0.39 is 31.3 Å². The number of amides is 1. The number of aliphatic hydroxyl groups is 3. The molecule has 1 amide bonds. The molecule has 0 radical (unpaired) electrons. The van der Waals surface area contributed by atoms with E-state index >= 15 is 0 Å². The largest absolute Gasteiger partial charge is 0.394 e. The van der Waals surface area contributed by atoms with Gasteiger partial charge in [0.05, 0.1) is 19.8 Å². The van der Waals surface area contributed by atoms with Crippen molar-refractivity contribution >= 4 is 5.91 Å². The highest BCUT2D eigenvalue weighted by Crippen LogP contribution is 2.04. The van der Waals surface area contributed by atoms with Crippen molar-refractivity contribution in [1.29, 1.82) is 5.26 Å². The summed E-state index contributed by atoms with van der Waals surface area (Å²) >= 11 is 0. The van der Waals surface area contributed by atoms with Crippen LogP contribution in [-0.4, -0.2) is 46.6 Å². The molecular weight excluding hydrogens is 200 g/mol. The molecule has 0 spiro atoms. The minimum atomic E-state index is -1.50. The van der Waals surface area contributed by atoms with Gasteiger partial charge in [0.2, 0.25) is 0 Å². The molecule has 0 rings (SSSR count). The third-order valence-corrected chi connectivity index (χ3v) is 1.94. The minimum absolute atomic E-state index is 0.144. The standard InChI is InChI=1S/C9H14N2O4/c1-2-7(3-10)8(15)11-9(4-12,5-13)6-14/h2,12-14H,4-6H2,1H3,(H,11,15)/b7-2+. The van der Waals surface area contributed by atoms with Gasteiger partial charge in [-0.15, -0.1) is 0 Å². The fourth-order valence-corrected chi connectivity index (χ4v) is 0.823. The van der Waals surface area contributed by atoms with Crippen LogP contribution < -0.4 is 5.32 Å². The predicted molar refractivity (Wildman–Crippen MR) is 51.5 cm³/mol. The van der Waals surface area contributed by atoms with Crippen molar-refractivity contribution < 1.29 is 20.1 Å². The van der Waals surface area contributed by atoms with Gasteiger partial charge in [-0.3, -0.25) is 4.79 Å². The van der Waals surface area contributed by atoms with Crippen LogP contribution in [0.2, 0.25) is 0 Å². The number of rotatable bonds is 5.